The van der Waals surface area contributed by atoms with E-state index in [1.165, 1.54) is 0 Å². The molecule has 1 fully saturated rings. The second-order valence-corrected chi connectivity index (χ2v) is 6.72. The largest absolute Gasteiger partial charge is 0.323 e. The van der Waals surface area contributed by atoms with Gasteiger partial charge in [0, 0.05) is 19.3 Å². The van der Waals surface area contributed by atoms with Crippen molar-refractivity contribution in [1.82, 2.24) is 9.78 Å². The average Bonchev–Trinajstić information content (AvgIpc) is 2.72. The van der Waals surface area contributed by atoms with Gasteiger partial charge in [-0.1, -0.05) is 0 Å². The first-order chi connectivity index (χ1) is 7.48. The molecule has 2 N–H and O–H groups in total. The van der Waals surface area contributed by atoms with Crippen LogP contribution in [0.4, 0.5) is 0 Å². The summed E-state index contributed by atoms with van der Waals surface area (Å²) in [5, 5.41) is 4.06. The van der Waals surface area contributed by atoms with Gasteiger partial charge in [-0.05, 0) is 24.8 Å². The van der Waals surface area contributed by atoms with Crippen molar-refractivity contribution in [2.24, 2.45) is 18.7 Å². The molecule has 90 valence electrons. The Balaban J connectivity index is 1.99. The van der Waals surface area contributed by atoms with Crippen LogP contribution in [-0.4, -0.2) is 29.7 Å². The molecule has 0 aromatic carbocycles. The molecule has 1 aromatic rings. The second kappa shape index (κ2) is 4.18. The maximum absolute atomic E-state index is 11.3. The highest BCUT2D eigenvalue weighted by atomic mass is 32.2. The smallest absolute Gasteiger partial charge is 0.150 e. The van der Waals surface area contributed by atoms with E-state index in [2.05, 4.69) is 5.10 Å². The number of aromatic nitrogens is 2. The number of rotatable bonds is 3. The quantitative estimate of drug-likeness (QED) is 0.825. The predicted molar refractivity (Wildman–Crippen MR) is 61.5 cm³/mol. The van der Waals surface area contributed by atoms with Crippen LogP contribution in [0.3, 0.4) is 0 Å². The van der Waals surface area contributed by atoms with Gasteiger partial charge < -0.3 is 5.73 Å². The van der Waals surface area contributed by atoms with Gasteiger partial charge in [-0.2, -0.15) is 5.10 Å². The molecule has 0 bridgehead atoms. The first kappa shape index (κ1) is 11.6. The van der Waals surface area contributed by atoms with Crippen molar-refractivity contribution in [3.63, 3.8) is 0 Å². The van der Waals surface area contributed by atoms with Crippen LogP contribution in [-0.2, 0) is 16.9 Å². The molecule has 5 nitrogen and oxygen atoms in total. The monoisotopic (exact) mass is 243 g/mol. The highest BCUT2D eigenvalue weighted by Gasteiger charge is 2.29. The molecule has 1 saturated heterocycles. The van der Waals surface area contributed by atoms with Crippen LogP contribution in [0.2, 0.25) is 0 Å². The molecule has 2 atom stereocenters. The van der Waals surface area contributed by atoms with Crippen molar-refractivity contribution < 1.29 is 8.42 Å². The van der Waals surface area contributed by atoms with Crippen molar-refractivity contribution >= 4 is 9.84 Å². The summed E-state index contributed by atoms with van der Waals surface area (Å²) in [4.78, 5) is 0. The van der Waals surface area contributed by atoms with Gasteiger partial charge in [0.25, 0.3) is 0 Å². The van der Waals surface area contributed by atoms with Crippen LogP contribution in [0.25, 0.3) is 0 Å². The van der Waals surface area contributed by atoms with E-state index in [0.717, 1.165) is 18.5 Å². The summed E-state index contributed by atoms with van der Waals surface area (Å²) in [6, 6.07) is 1.76. The summed E-state index contributed by atoms with van der Waals surface area (Å²) in [7, 11) is -0.950. The summed E-state index contributed by atoms with van der Waals surface area (Å²) in [5.74, 6) is 0.809. The zero-order valence-corrected chi connectivity index (χ0v) is 10.2. The van der Waals surface area contributed by atoms with Crippen molar-refractivity contribution in [1.29, 1.82) is 0 Å². The number of hydrogen-bond donors (Lipinski definition) is 1. The van der Waals surface area contributed by atoms with E-state index in [1.807, 2.05) is 13.1 Å². The van der Waals surface area contributed by atoms with Gasteiger partial charge in [0.2, 0.25) is 0 Å². The first-order valence-corrected chi connectivity index (χ1v) is 7.24. The highest BCUT2D eigenvalue weighted by molar-refractivity contribution is 7.91. The summed E-state index contributed by atoms with van der Waals surface area (Å²) in [5.41, 5.74) is 7.02. The van der Waals surface area contributed by atoms with Gasteiger partial charge in [0.1, 0.15) is 0 Å². The Hall–Kier alpha value is -0.880. The van der Waals surface area contributed by atoms with Crippen molar-refractivity contribution in [3.05, 3.63) is 18.0 Å². The minimum atomic E-state index is -2.80. The maximum atomic E-state index is 11.3. The van der Waals surface area contributed by atoms with Crippen molar-refractivity contribution in [2.75, 3.05) is 11.5 Å². The molecule has 2 rings (SSSR count). The number of nitrogens with zero attached hydrogens (tertiary/aromatic N) is 2. The van der Waals surface area contributed by atoms with Crippen molar-refractivity contribution in [2.45, 2.75) is 18.9 Å². The second-order valence-electron chi connectivity index (χ2n) is 4.49. The van der Waals surface area contributed by atoms with Crippen LogP contribution >= 0.6 is 0 Å². The Labute approximate surface area is 95.6 Å². The van der Waals surface area contributed by atoms with E-state index in [0.29, 0.717) is 11.5 Å². The Morgan fingerprint density at radius 2 is 2.44 bits per heavy atom. The van der Waals surface area contributed by atoms with Crippen molar-refractivity contribution in [3.8, 4) is 0 Å². The van der Waals surface area contributed by atoms with Gasteiger partial charge in [-0.3, -0.25) is 4.68 Å². The molecule has 6 heteroatoms. The Kier molecular flexibility index (Phi) is 3.03. The van der Waals surface area contributed by atoms with E-state index in [9.17, 15) is 8.42 Å². The van der Waals surface area contributed by atoms with E-state index < -0.39 is 9.84 Å². The molecule has 16 heavy (non-hydrogen) atoms. The summed E-state index contributed by atoms with van der Waals surface area (Å²) in [6.07, 6.45) is 3.17. The molecule has 0 aliphatic carbocycles. The maximum Gasteiger partial charge on any atom is 0.150 e. The standard InChI is InChI=1S/C10H17N3O2S/c1-13-10(2-4-12-13)9(11)6-8-3-5-16(14,15)7-8/h2,4,8-9H,3,5-7,11H2,1H3. The summed E-state index contributed by atoms with van der Waals surface area (Å²) < 4.78 is 24.4. The summed E-state index contributed by atoms with van der Waals surface area (Å²) >= 11 is 0. The van der Waals surface area contributed by atoms with E-state index in [1.54, 1.807) is 10.9 Å². The minimum Gasteiger partial charge on any atom is -0.323 e. The van der Waals surface area contributed by atoms with Gasteiger partial charge in [-0.15, -0.1) is 0 Å². The van der Waals surface area contributed by atoms with Crippen LogP contribution in [0.5, 0.6) is 0 Å². The molecule has 2 unspecified atom stereocenters. The number of sulfone groups is 1. The molecule has 0 radical (unpaired) electrons. The molecular weight excluding hydrogens is 226 g/mol. The first-order valence-electron chi connectivity index (χ1n) is 5.42. The lowest BCUT2D eigenvalue weighted by Gasteiger charge is -2.15. The Morgan fingerprint density at radius 1 is 1.69 bits per heavy atom. The number of nitrogens with two attached hydrogens (primary N) is 1. The van der Waals surface area contributed by atoms with Gasteiger partial charge >= 0.3 is 0 Å². The molecule has 0 amide bonds. The SMILES string of the molecule is Cn1nccc1C(N)CC1CCS(=O)(=O)C1. The number of aryl methyl sites for hydroxylation is 1. The zero-order chi connectivity index (χ0) is 11.8. The fraction of sp³-hybridized carbons (Fsp3) is 0.700. The third-order valence-electron chi connectivity index (χ3n) is 3.15. The molecule has 0 saturated carbocycles. The predicted octanol–water partition coefficient (Wildman–Crippen LogP) is 0.245. The average molecular weight is 243 g/mol. The van der Waals surface area contributed by atoms with Gasteiger partial charge in [-0.25, -0.2) is 8.42 Å². The Morgan fingerprint density at radius 3 is 2.94 bits per heavy atom. The normalized spacial score (nSPS) is 25.8. The Bertz CT molecular complexity index is 466. The summed E-state index contributed by atoms with van der Waals surface area (Å²) in [6.45, 7) is 0. The third-order valence-corrected chi connectivity index (χ3v) is 4.99. The van der Waals surface area contributed by atoms with Gasteiger partial charge in [0.15, 0.2) is 9.84 Å². The lowest BCUT2D eigenvalue weighted by atomic mass is 9.98. The molecule has 1 aromatic heterocycles. The zero-order valence-electron chi connectivity index (χ0n) is 9.33. The van der Waals surface area contributed by atoms with E-state index in [-0.39, 0.29) is 12.0 Å². The highest BCUT2D eigenvalue weighted by Crippen LogP contribution is 2.27. The third kappa shape index (κ3) is 2.44. The lowest BCUT2D eigenvalue weighted by molar-refractivity contribution is 0.462. The molecule has 2 heterocycles. The fourth-order valence-electron chi connectivity index (χ4n) is 2.29. The van der Waals surface area contributed by atoms with Crippen LogP contribution in [0.1, 0.15) is 24.6 Å². The molecular formula is C10H17N3O2S. The van der Waals surface area contributed by atoms with Crippen LogP contribution in [0.15, 0.2) is 12.3 Å². The minimum absolute atomic E-state index is 0.120. The lowest BCUT2D eigenvalue weighted by Crippen LogP contribution is -2.19. The van der Waals surface area contributed by atoms with E-state index >= 15 is 0 Å². The van der Waals surface area contributed by atoms with E-state index in [4.69, 9.17) is 5.73 Å². The number of hydrogen-bond acceptors (Lipinski definition) is 4. The molecule has 1 aliphatic heterocycles. The van der Waals surface area contributed by atoms with Crippen LogP contribution < -0.4 is 5.73 Å². The van der Waals surface area contributed by atoms with Gasteiger partial charge in [0.05, 0.1) is 17.2 Å². The molecule has 0 spiro atoms. The topological polar surface area (TPSA) is 78.0 Å². The van der Waals surface area contributed by atoms with Crippen LogP contribution in [0, 0.1) is 5.92 Å². The molecule has 1 aliphatic rings. The fourth-order valence-corrected chi connectivity index (χ4v) is 4.17.